The first-order valence-corrected chi connectivity index (χ1v) is 8.41. The fraction of sp³-hybridized carbons (Fsp3) is 0.778. The highest BCUT2D eigenvalue weighted by molar-refractivity contribution is 5.91. The van der Waals surface area contributed by atoms with Crippen molar-refractivity contribution in [2.24, 2.45) is 17.3 Å². The van der Waals surface area contributed by atoms with Crippen molar-refractivity contribution in [3.63, 3.8) is 0 Å². The first-order valence-electron chi connectivity index (χ1n) is 8.41. The molecule has 0 amide bonds. The Kier molecular flexibility index (Phi) is 4.02. The average molecular weight is 292 g/mol. The second-order valence-electron chi connectivity index (χ2n) is 7.44. The fourth-order valence-corrected chi connectivity index (χ4v) is 4.58. The van der Waals surface area contributed by atoms with Crippen LogP contribution in [0, 0.1) is 17.3 Å². The van der Waals surface area contributed by atoms with Crippen molar-refractivity contribution < 1.29 is 14.0 Å². The minimum atomic E-state index is -0.917. The van der Waals surface area contributed by atoms with Crippen molar-refractivity contribution in [3.8, 4) is 0 Å². The molecule has 0 aromatic heterocycles. The van der Waals surface area contributed by atoms with Crippen LogP contribution in [0.15, 0.2) is 11.6 Å². The van der Waals surface area contributed by atoms with Crippen LogP contribution in [0.5, 0.6) is 0 Å². The minimum Gasteiger partial charge on any atom is -0.299 e. The summed E-state index contributed by atoms with van der Waals surface area (Å²) < 4.78 is 14.1. The monoisotopic (exact) mass is 292 g/mol. The number of allylic oxidation sites excluding steroid dienone is 2. The predicted octanol–water partition coefficient (Wildman–Crippen LogP) is 4.18. The van der Waals surface area contributed by atoms with Gasteiger partial charge in [0.15, 0.2) is 5.78 Å². The number of Topliss-reactive ketones (excluding diaryl/α,β-unsaturated/α-hetero) is 1. The Bertz CT molecular complexity index is 482. The molecule has 0 bridgehead atoms. The quantitative estimate of drug-likeness (QED) is 0.782. The van der Waals surface area contributed by atoms with E-state index in [0.29, 0.717) is 24.5 Å². The summed E-state index contributed by atoms with van der Waals surface area (Å²) in [7, 11) is 0. The van der Waals surface area contributed by atoms with Crippen molar-refractivity contribution in [1.29, 1.82) is 0 Å². The smallest absolute Gasteiger partial charge is 0.155 e. The SMILES string of the molecule is CC1(CCC2CCC(F)C3=CC(=O)CCC32)CCCC1=O. The summed E-state index contributed by atoms with van der Waals surface area (Å²) in [6, 6.07) is 0. The first kappa shape index (κ1) is 14.9. The number of hydrogen-bond acceptors (Lipinski definition) is 2. The van der Waals surface area contributed by atoms with Crippen molar-refractivity contribution in [2.45, 2.75) is 70.9 Å². The molecule has 0 spiro atoms. The molecule has 3 heteroatoms. The Labute approximate surface area is 126 Å². The van der Waals surface area contributed by atoms with Gasteiger partial charge in [-0.3, -0.25) is 9.59 Å². The normalized spacial score (nSPS) is 40.1. The van der Waals surface area contributed by atoms with E-state index in [1.54, 1.807) is 6.08 Å². The van der Waals surface area contributed by atoms with Crippen LogP contribution in [0.4, 0.5) is 4.39 Å². The molecule has 0 aromatic carbocycles. The highest BCUT2D eigenvalue weighted by Crippen LogP contribution is 2.46. The minimum absolute atomic E-state index is 0.0856. The molecule has 3 aliphatic carbocycles. The van der Waals surface area contributed by atoms with Gasteiger partial charge in [-0.15, -0.1) is 0 Å². The zero-order valence-electron chi connectivity index (χ0n) is 12.9. The first-order chi connectivity index (χ1) is 9.99. The maximum absolute atomic E-state index is 14.1. The molecule has 0 aliphatic heterocycles. The number of alkyl halides is 1. The third-order valence-electron chi connectivity index (χ3n) is 6.05. The van der Waals surface area contributed by atoms with Crippen molar-refractivity contribution in [3.05, 3.63) is 11.6 Å². The Balaban J connectivity index is 1.67. The van der Waals surface area contributed by atoms with E-state index in [-0.39, 0.29) is 17.1 Å². The summed E-state index contributed by atoms with van der Waals surface area (Å²) in [6.07, 6.45) is 8.19. The zero-order chi connectivity index (χ0) is 15.0. The van der Waals surface area contributed by atoms with Crippen LogP contribution in [-0.2, 0) is 9.59 Å². The molecular weight excluding hydrogens is 267 g/mol. The number of carbonyl (C=O) groups excluding carboxylic acids is 2. The standard InChI is InChI=1S/C18H25FO2/c1-18(9-2-3-17(18)21)10-8-12-4-7-16(19)15-11-13(20)5-6-14(12)15/h11-12,14,16H,2-10H2,1H3. The average Bonchev–Trinajstić information content (AvgIpc) is 2.79. The molecule has 0 aromatic rings. The van der Waals surface area contributed by atoms with Gasteiger partial charge in [0, 0.05) is 18.3 Å². The van der Waals surface area contributed by atoms with Crippen molar-refractivity contribution >= 4 is 11.6 Å². The molecule has 4 atom stereocenters. The van der Waals surface area contributed by atoms with E-state index in [9.17, 15) is 14.0 Å². The lowest BCUT2D eigenvalue weighted by molar-refractivity contribution is -0.125. The molecule has 0 saturated heterocycles. The maximum atomic E-state index is 14.1. The van der Waals surface area contributed by atoms with Gasteiger partial charge in [0.1, 0.15) is 12.0 Å². The van der Waals surface area contributed by atoms with E-state index < -0.39 is 6.17 Å². The predicted molar refractivity (Wildman–Crippen MR) is 79.6 cm³/mol. The van der Waals surface area contributed by atoms with Crippen LogP contribution in [0.2, 0.25) is 0 Å². The van der Waals surface area contributed by atoms with Gasteiger partial charge in [-0.05, 0) is 68.4 Å². The van der Waals surface area contributed by atoms with Crippen LogP contribution in [-0.4, -0.2) is 17.7 Å². The van der Waals surface area contributed by atoms with Crippen LogP contribution in [0.1, 0.15) is 64.7 Å². The third kappa shape index (κ3) is 2.84. The molecule has 0 radical (unpaired) electrons. The largest absolute Gasteiger partial charge is 0.299 e. The summed E-state index contributed by atoms with van der Waals surface area (Å²) in [4.78, 5) is 23.6. The molecule has 0 N–H and O–H groups in total. The lowest BCUT2D eigenvalue weighted by atomic mass is 9.67. The summed E-state index contributed by atoms with van der Waals surface area (Å²) in [5, 5.41) is 0. The van der Waals surface area contributed by atoms with Gasteiger partial charge in [-0.1, -0.05) is 6.92 Å². The second-order valence-corrected chi connectivity index (χ2v) is 7.44. The van der Waals surface area contributed by atoms with Crippen LogP contribution < -0.4 is 0 Å². The number of ketones is 2. The van der Waals surface area contributed by atoms with E-state index in [4.69, 9.17) is 0 Å². The molecule has 21 heavy (non-hydrogen) atoms. The third-order valence-corrected chi connectivity index (χ3v) is 6.05. The van der Waals surface area contributed by atoms with E-state index in [1.165, 1.54) is 0 Å². The van der Waals surface area contributed by atoms with Gasteiger partial charge >= 0.3 is 0 Å². The molecule has 3 rings (SSSR count). The number of hydrogen-bond donors (Lipinski definition) is 0. The number of rotatable bonds is 3. The second kappa shape index (κ2) is 5.66. The lowest BCUT2D eigenvalue weighted by Crippen LogP contribution is -2.33. The van der Waals surface area contributed by atoms with Crippen LogP contribution in [0.25, 0.3) is 0 Å². The van der Waals surface area contributed by atoms with Gasteiger partial charge in [-0.2, -0.15) is 0 Å². The van der Waals surface area contributed by atoms with Gasteiger partial charge < -0.3 is 0 Å². The molecule has 2 fully saturated rings. The highest BCUT2D eigenvalue weighted by atomic mass is 19.1. The Morgan fingerprint density at radius 2 is 2.05 bits per heavy atom. The lowest BCUT2D eigenvalue weighted by Gasteiger charge is -2.39. The molecule has 4 unspecified atom stereocenters. The Morgan fingerprint density at radius 1 is 1.24 bits per heavy atom. The summed E-state index contributed by atoms with van der Waals surface area (Å²) in [5.74, 6) is 1.20. The van der Waals surface area contributed by atoms with Crippen LogP contribution >= 0.6 is 0 Å². The van der Waals surface area contributed by atoms with Crippen LogP contribution in [0.3, 0.4) is 0 Å². The highest BCUT2D eigenvalue weighted by Gasteiger charge is 2.41. The molecule has 116 valence electrons. The fourth-order valence-electron chi connectivity index (χ4n) is 4.58. The molecular formula is C18H25FO2. The van der Waals surface area contributed by atoms with E-state index in [0.717, 1.165) is 50.5 Å². The van der Waals surface area contributed by atoms with Crippen molar-refractivity contribution in [1.82, 2.24) is 0 Å². The number of halogens is 1. The number of fused-ring (bicyclic) bond motifs is 1. The molecule has 2 nitrogen and oxygen atoms in total. The van der Waals surface area contributed by atoms with Gasteiger partial charge in [0.25, 0.3) is 0 Å². The summed E-state index contributed by atoms with van der Waals surface area (Å²) in [5.41, 5.74) is 0.617. The van der Waals surface area contributed by atoms with Gasteiger partial charge in [0.05, 0.1) is 0 Å². The molecule has 2 saturated carbocycles. The molecule has 0 heterocycles. The molecule has 3 aliphatic rings. The Morgan fingerprint density at radius 3 is 2.76 bits per heavy atom. The topological polar surface area (TPSA) is 34.1 Å². The van der Waals surface area contributed by atoms with E-state index in [1.807, 2.05) is 0 Å². The maximum Gasteiger partial charge on any atom is 0.155 e. The van der Waals surface area contributed by atoms with Gasteiger partial charge in [0.2, 0.25) is 0 Å². The summed E-state index contributed by atoms with van der Waals surface area (Å²) in [6.45, 7) is 2.10. The zero-order valence-corrected chi connectivity index (χ0v) is 12.9. The van der Waals surface area contributed by atoms with E-state index in [2.05, 4.69) is 6.92 Å². The van der Waals surface area contributed by atoms with Gasteiger partial charge in [-0.25, -0.2) is 4.39 Å². The summed E-state index contributed by atoms with van der Waals surface area (Å²) >= 11 is 0. The Hall–Kier alpha value is -0.990. The number of carbonyl (C=O) groups is 2. The van der Waals surface area contributed by atoms with Crippen molar-refractivity contribution in [2.75, 3.05) is 0 Å². The van der Waals surface area contributed by atoms with E-state index >= 15 is 0 Å².